The number of rotatable bonds is 2. The molecule has 1 aromatic rings. The number of anilines is 1. The summed E-state index contributed by atoms with van der Waals surface area (Å²) in [5.41, 5.74) is -0.259. The summed E-state index contributed by atoms with van der Waals surface area (Å²) in [4.78, 5) is 12.9. The molecule has 1 saturated heterocycles. The van der Waals surface area contributed by atoms with Crippen molar-refractivity contribution in [2.75, 3.05) is 24.6 Å². The van der Waals surface area contributed by atoms with Crippen LogP contribution < -0.4 is 4.90 Å². The molecule has 0 unspecified atom stereocenters. The second kappa shape index (κ2) is 4.57. The van der Waals surface area contributed by atoms with Gasteiger partial charge in [0.25, 0.3) is 0 Å². The fourth-order valence-electron chi connectivity index (χ4n) is 2.22. The molecule has 0 bridgehead atoms. The van der Waals surface area contributed by atoms with Crippen LogP contribution in [0.3, 0.4) is 0 Å². The van der Waals surface area contributed by atoms with Gasteiger partial charge in [0.2, 0.25) is 0 Å². The molecule has 1 aliphatic rings. The standard InChI is InChI=1S/C13H16FNO3/c1-13(2)8-15(6-7-18-13)11-9(12(16)17)4-3-5-10(11)14/h3-5H,6-8H2,1-2H3,(H,16,17). The third kappa shape index (κ3) is 2.46. The first kappa shape index (κ1) is 12.8. The van der Waals surface area contributed by atoms with Crippen molar-refractivity contribution in [2.45, 2.75) is 19.4 Å². The number of morpholine rings is 1. The Balaban J connectivity index is 2.41. The van der Waals surface area contributed by atoms with Crippen molar-refractivity contribution in [3.05, 3.63) is 29.6 Å². The van der Waals surface area contributed by atoms with Crippen molar-refractivity contribution in [2.24, 2.45) is 0 Å². The summed E-state index contributed by atoms with van der Waals surface area (Å²) >= 11 is 0. The average Bonchev–Trinajstić information content (AvgIpc) is 2.27. The Kier molecular flexibility index (Phi) is 3.26. The first-order valence-corrected chi connectivity index (χ1v) is 5.81. The van der Waals surface area contributed by atoms with E-state index in [1.807, 2.05) is 13.8 Å². The van der Waals surface area contributed by atoms with Gasteiger partial charge in [0.15, 0.2) is 0 Å². The zero-order chi connectivity index (χ0) is 13.3. The molecule has 1 fully saturated rings. The highest BCUT2D eigenvalue weighted by Crippen LogP contribution is 2.28. The van der Waals surface area contributed by atoms with E-state index < -0.39 is 17.4 Å². The molecule has 0 aliphatic carbocycles. The molecule has 0 atom stereocenters. The summed E-state index contributed by atoms with van der Waals surface area (Å²) in [7, 11) is 0. The van der Waals surface area contributed by atoms with E-state index in [0.29, 0.717) is 19.7 Å². The molecule has 98 valence electrons. The fourth-order valence-corrected chi connectivity index (χ4v) is 2.22. The molecule has 1 aliphatic heterocycles. The lowest BCUT2D eigenvalue weighted by Crippen LogP contribution is -2.49. The minimum Gasteiger partial charge on any atom is -0.478 e. The first-order chi connectivity index (χ1) is 8.41. The number of hydrogen-bond acceptors (Lipinski definition) is 3. The number of para-hydroxylation sites is 1. The van der Waals surface area contributed by atoms with E-state index in [9.17, 15) is 9.18 Å². The fraction of sp³-hybridized carbons (Fsp3) is 0.462. The second-order valence-electron chi connectivity index (χ2n) is 4.97. The number of nitrogens with zero attached hydrogens (tertiary/aromatic N) is 1. The predicted molar refractivity (Wildman–Crippen MR) is 65.6 cm³/mol. The van der Waals surface area contributed by atoms with Crippen LogP contribution in [-0.2, 0) is 4.74 Å². The van der Waals surface area contributed by atoms with Crippen molar-refractivity contribution in [3.63, 3.8) is 0 Å². The lowest BCUT2D eigenvalue weighted by molar-refractivity contribution is -0.0279. The van der Waals surface area contributed by atoms with Crippen LogP contribution in [0, 0.1) is 5.82 Å². The highest BCUT2D eigenvalue weighted by molar-refractivity contribution is 5.94. The number of hydrogen-bond donors (Lipinski definition) is 1. The van der Waals surface area contributed by atoms with Crippen molar-refractivity contribution in [1.82, 2.24) is 0 Å². The van der Waals surface area contributed by atoms with Crippen LogP contribution in [-0.4, -0.2) is 36.4 Å². The van der Waals surface area contributed by atoms with E-state index in [0.717, 1.165) is 0 Å². The average molecular weight is 253 g/mol. The van der Waals surface area contributed by atoms with Gasteiger partial charge < -0.3 is 14.7 Å². The van der Waals surface area contributed by atoms with E-state index in [-0.39, 0.29) is 11.3 Å². The Morgan fingerprint density at radius 1 is 1.50 bits per heavy atom. The lowest BCUT2D eigenvalue weighted by Gasteiger charge is -2.39. The van der Waals surface area contributed by atoms with E-state index in [1.54, 1.807) is 4.90 Å². The van der Waals surface area contributed by atoms with E-state index >= 15 is 0 Å². The Labute approximate surface area is 105 Å². The maximum Gasteiger partial charge on any atom is 0.337 e. The number of ether oxygens (including phenoxy) is 1. The maximum absolute atomic E-state index is 13.9. The van der Waals surface area contributed by atoms with Gasteiger partial charge in [-0.3, -0.25) is 0 Å². The molecular formula is C13H16FNO3. The number of carboxylic acid groups (broad SMARTS) is 1. The van der Waals surface area contributed by atoms with Crippen molar-refractivity contribution in [1.29, 1.82) is 0 Å². The van der Waals surface area contributed by atoms with Crippen molar-refractivity contribution < 1.29 is 19.0 Å². The van der Waals surface area contributed by atoms with Crippen LogP contribution >= 0.6 is 0 Å². The highest BCUT2D eigenvalue weighted by Gasteiger charge is 2.30. The molecule has 0 spiro atoms. The molecule has 5 heteroatoms. The molecule has 0 amide bonds. The number of carboxylic acids is 1. The van der Waals surface area contributed by atoms with Gasteiger partial charge in [0.1, 0.15) is 5.82 Å². The number of benzene rings is 1. The van der Waals surface area contributed by atoms with Gasteiger partial charge in [-0.05, 0) is 26.0 Å². The summed E-state index contributed by atoms with van der Waals surface area (Å²) in [6.07, 6.45) is 0. The molecule has 4 nitrogen and oxygen atoms in total. The maximum atomic E-state index is 13.9. The van der Waals surface area contributed by atoms with Crippen LogP contribution in [0.25, 0.3) is 0 Å². The molecular weight excluding hydrogens is 237 g/mol. The van der Waals surface area contributed by atoms with Crippen LogP contribution in [0.15, 0.2) is 18.2 Å². The molecule has 18 heavy (non-hydrogen) atoms. The first-order valence-electron chi connectivity index (χ1n) is 5.81. The smallest absolute Gasteiger partial charge is 0.337 e. The molecule has 0 aromatic heterocycles. The topological polar surface area (TPSA) is 49.8 Å². The highest BCUT2D eigenvalue weighted by atomic mass is 19.1. The van der Waals surface area contributed by atoms with Crippen molar-refractivity contribution >= 4 is 11.7 Å². The second-order valence-corrected chi connectivity index (χ2v) is 4.97. The molecule has 0 saturated carbocycles. The third-order valence-electron chi connectivity index (χ3n) is 2.96. The molecule has 1 N–H and O–H groups in total. The summed E-state index contributed by atoms with van der Waals surface area (Å²) in [6.45, 7) is 5.22. The summed E-state index contributed by atoms with van der Waals surface area (Å²) in [5, 5.41) is 9.13. The van der Waals surface area contributed by atoms with Gasteiger partial charge in [-0.15, -0.1) is 0 Å². The third-order valence-corrected chi connectivity index (χ3v) is 2.96. The predicted octanol–water partition coefficient (Wildman–Crippen LogP) is 2.14. The van der Waals surface area contributed by atoms with Gasteiger partial charge in [-0.1, -0.05) is 6.07 Å². The minimum atomic E-state index is -1.12. The largest absolute Gasteiger partial charge is 0.478 e. The van der Waals surface area contributed by atoms with Crippen LogP contribution in [0.4, 0.5) is 10.1 Å². The number of carbonyl (C=O) groups is 1. The molecule has 1 aromatic carbocycles. The van der Waals surface area contributed by atoms with Gasteiger partial charge in [0.05, 0.1) is 23.5 Å². The van der Waals surface area contributed by atoms with Crippen LogP contribution in [0.5, 0.6) is 0 Å². The Bertz CT molecular complexity index is 473. The minimum absolute atomic E-state index is 0.00676. The van der Waals surface area contributed by atoms with Crippen LogP contribution in [0.2, 0.25) is 0 Å². The SMILES string of the molecule is CC1(C)CN(c2c(F)cccc2C(=O)O)CCO1. The summed E-state index contributed by atoms with van der Waals surface area (Å²) < 4.78 is 19.4. The Hall–Kier alpha value is -1.62. The normalized spacial score (nSPS) is 18.7. The Morgan fingerprint density at radius 3 is 2.83 bits per heavy atom. The van der Waals surface area contributed by atoms with E-state index in [1.165, 1.54) is 18.2 Å². The Morgan fingerprint density at radius 2 is 2.22 bits per heavy atom. The summed E-state index contributed by atoms with van der Waals surface area (Å²) in [5.74, 6) is -1.62. The quantitative estimate of drug-likeness (QED) is 0.877. The molecule has 2 rings (SSSR count). The van der Waals surface area contributed by atoms with Crippen molar-refractivity contribution in [3.8, 4) is 0 Å². The van der Waals surface area contributed by atoms with Gasteiger partial charge in [0, 0.05) is 13.1 Å². The zero-order valence-electron chi connectivity index (χ0n) is 10.4. The summed E-state index contributed by atoms with van der Waals surface area (Å²) in [6, 6.07) is 4.11. The molecule has 1 heterocycles. The monoisotopic (exact) mass is 253 g/mol. The van der Waals surface area contributed by atoms with Gasteiger partial charge >= 0.3 is 5.97 Å². The van der Waals surface area contributed by atoms with E-state index in [4.69, 9.17) is 9.84 Å². The van der Waals surface area contributed by atoms with Gasteiger partial charge in [-0.2, -0.15) is 0 Å². The molecule has 0 radical (unpaired) electrons. The van der Waals surface area contributed by atoms with E-state index in [2.05, 4.69) is 0 Å². The zero-order valence-corrected chi connectivity index (χ0v) is 10.4. The number of aromatic carboxylic acids is 1. The number of halogens is 1. The van der Waals surface area contributed by atoms with Crippen LogP contribution in [0.1, 0.15) is 24.2 Å². The van der Waals surface area contributed by atoms with Gasteiger partial charge in [-0.25, -0.2) is 9.18 Å². The lowest BCUT2D eigenvalue weighted by atomic mass is 10.0.